The number of aromatic carboxylic acids is 1. The number of hydrogen-bond acceptors (Lipinski definition) is 5. The zero-order chi connectivity index (χ0) is 22.8. The summed E-state index contributed by atoms with van der Waals surface area (Å²) >= 11 is 0. The fourth-order valence-electron chi connectivity index (χ4n) is 3.84. The van der Waals surface area contributed by atoms with Crippen molar-refractivity contribution in [3.05, 3.63) is 93.6 Å². The second kappa shape index (κ2) is 8.59. The van der Waals surface area contributed by atoms with Gasteiger partial charge in [-0.05, 0) is 49.7 Å². The van der Waals surface area contributed by atoms with Crippen LogP contribution in [0.5, 0.6) is 5.75 Å². The van der Waals surface area contributed by atoms with Crippen molar-refractivity contribution >= 4 is 22.6 Å². The van der Waals surface area contributed by atoms with Crippen LogP contribution >= 0.6 is 0 Å². The number of nitrogens with one attached hydrogen (secondary N) is 1. The minimum atomic E-state index is -1.01. The Kier molecular flexibility index (Phi) is 5.69. The van der Waals surface area contributed by atoms with Crippen molar-refractivity contribution in [1.82, 2.24) is 0 Å². The number of methoxy groups -OCH3 is 1. The van der Waals surface area contributed by atoms with Gasteiger partial charge in [0.2, 0.25) is 0 Å². The van der Waals surface area contributed by atoms with Gasteiger partial charge in [-0.1, -0.05) is 30.3 Å². The van der Waals surface area contributed by atoms with Crippen molar-refractivity contribution in [3.8, 4) is 17.1 Å². The Morgan fingerprint density at radius 3 is 2.53 bits per heavy atom. The van der Waals surface area contributed by atoms with E-state index in [0.717, 1.165) is 11.1 Å². The Hall–Kier alpha value is -4.06. The van der Waals surface area contributed by atoms with Gasteiger partial charge in [0, 0.05) is 17.3 Å². The first-order chi connectivity index (χ1) is 15.4. The van der Waals surface area contributed by atoms with Crippen LogP contribution in [0.25, 0.3) is 22.3 Å². The third-order valence-electron chi connectivity index (χ3n) is 5.37. The van der Waals surface area contributed by atoms with Crippen molar-refractivity contribution in [2.75, 3.05) is 12.4 Å². The van der Waals surface area contributed by atoms with Crippen LogP contribution in [0.15, 0.2) is 75.9 Å². The molecule has 0 aliphatic rings. The van der Waals surface area contributed by atoms with Gasteiger partial charge in [-0.2, -0.15) is 0 Å². The Morgan fingerprint density at radius 1 is 1.06 bits per heavy atom. The van der Waals surface area contributed by atoms with E-state index in [0.29, 0.717) is 33.7 Å². The summed E-state index contributed by atoms with van der Waals surface area (Å²) in [5, 5.41) is 13.2. The molecule has 2 N–H and O–H groups in total. The minimum Gasteiger partial charge on any atom is -0.496 e. The second-order valence-electron chi connectivity index (χ2n) is 7.62. The van der Waals surface area contributed by atoms with Crippen LogP contribution < -0.4 is 15.5 Å². The molecule has 1 unspecified atom stereocenters. The van der Waals surface area contributed by atoms with Gasteiger partial charge in [0.15, 0.2) is 5.43 Å². The number of fused-ring (bicyclic) bond motifs is 1. The fraction of sp³-hybridized carbons (Fsp3) is 0.154. The highest BCUT2D eigenvalue weighted by Crippen LogP contribution is 2.34. The maximum Gasteiger partial charge on any atom is 0.337 e. The predicted octanol–water partition coefficient (Wildman–Crippen LogP) is 5.65. The highest BCUT2D eigenvalue weighted by atomic mass is 16.5. The molecule has 0 saturated heterocycles. The number of rotatable bonds is 6. The summed E-state index contributed by atoms with van der Waals surface area (Å²) in [4.78, 5) is 24.6. The van der Waals surface area contributed by atoms with Gasteiger partial charge in [0.05, 0.1) is 29.7 Å². The summed E-state index contributed by atoms with van der Waals surface area (Å²) in [5.41, 5.74) is 3.31. The van der Waals surface area contributed by atoms with Crippen LogP contribution in [-0.2, 0) is 0 Å². The van der Waals surface area contributed by atoms with E-state index in [1.165, 1.54) is 6.07 Å². The van der Waals surface area contributed by atoms with Crippen LogP contribution in [0.2, 0.25) is 0 Å². The molecule has 0 fully saturated rings. The summed E-state index contributed by atoms with van der Waals surface area (Å²) in [6, 6.07) is 19.0. The van der Waals surface area contributed by atoms with E-state index < -0.39 is 5.97 Å². The van der Waals surface area contributed by atoms with Gasteiger partial charge in [-0.3, -0.25) is 4.79 Å². The Bertz CT molecular complexity index is 1370. The maximum atomic E-state index is 13.0. The summed E-state index contributed by atoms with van der Waals surface area (Å²) in [6.07, 6.45) is 0. The SMILES string of the molecule is COc1ccccc1-c1cc(=O)c2cc(C)cc(C(C)Nc3ccccc3C(=O)O)c2o1. The zero-order valence-corrected chi connectivity index (χ0v) is 18.0. The number of hydrogen-bond donors (Lipinski definition) is 2. The lowest BCUT2D eigenvalue weighted by atomic mass is 10.00. The van der Waals surface area contributed by atoms with Gasteiger partial charge < -0.3 is 19.6 Å². The number of benzene rings is 3. The smallest absolute Gasteiger partial charge is 0.337 e. The molecule has 0 aliphatic heterocycles. The van der Waals surface area contributed by atoms with Crippen molar-refractivity contribution in [2.24, 2.45) is 0 Å². The average molecular weight is 429 g/mol. The number of ether oxygens (including phenoxy) is 1. The molecule has 0 amide bonds. The summed E-state index contributed by atoms with van der Waals surface area (Å²) in [5.74, 6) is -0.00667. The first-order valence-electron chi connectivity index (χ1n) is 10.2. The third-order valence-corrected chi connectivity index (χ3v) is 5.37. The maximum absolute atomic E-state index is 13.0. The third kappa shape index (κ3) is 3.95. The molecular formula is C26H23NO5. The summed E-state index contributed by atoms with van der Waals surface area (Å²) in [7, 11) is 1.57. The molecule has 1 heterocycles. The lowest BCUT2D eigenvalue weighted by Gasteiger charge is -2.19. The molecule has 1 aromatic heterocycles. The predicted molar refractivity (Wildman–Crippen MR) is 125 cm³/mol. The van der Waals surface area contributed by atoms with Crippen molar-refractivity contribution in [1.29, 1.82) is 0 Å². The molecule has 3 aromatic carbocycles. The molecule has 6 heteroatoms. The number of carboxylic acid groups (broad SMARTS) is 1. The molecule has 4 rings (SSSR count). The average Bonchev–Trinajstić information content (AvgIpc) is 2.79. The molecule has 0 saturated carbocycles. The topological polar surface area (TPSA) is 88.8 Å². The lowest BCUT2D eigenvalue weighted by molar-refractivity contribution is 0.0698. The molecule has 32 heavy (non-hydrogen) atoms. The minimum absolute atomic E-state index is 0.157. The monoisotopic (exact) mass is 429 g/mol. The zero-order valence-electron chi connectivity index (χ0n) is 18.0. The lowest BCUT2D eigenvalue weighted by Crippen LogP contribution is -2.12. The highest BCUT2D eigenvalue weighted by molar-refractivity contribution is 5.94. The molecule has 0 aliphatic carbocycles. The van der Waals surface area contributed by atoms with Crippen LogP contribution in [0.3, 0.4) is 0 Å². The molecule has 1 atom stereocenters. The van der Waals surface area contributed by atoms with Crippen LogP contribution in [-0.4, -0.2) is 18.2 Å². The first kappa shape index (κ1) is 21.2. The van der Waals surface area contributed by atoms with E-state index in [1.54, 1.807) is 37.4 Å². The summed E-state index contributed by atoms with van der Waals surface area (Å²) in [6.45, 7) is 3.82. The van der Waals surface area contributed by atoms with Crippen molar-refractivity contribution in [2.45, 2.75) is 19.9 Å². The van der Waals surface area contributed by atoms with E-state index in [2.05, 4.69) is 5.32 Å². The van der Waals surface area contributed by atoms with E-state index >= 15 is 0 Å². The number of carbonyl (C=O) groups is 1. The van der Waals surface area contributed by atoms with Crippen LogP contribution in [0.1, 0.15) is 34.5 Å². The molecule has 0 bridgehead atoms. The van der Waals surface area contributed by atoms with E-state index in [9.17, 15) is 14.7 Å². The highest BCUT2D eigenvalue weighted by Gasteiger charge is 2.19. The largest absolute Gasteiger partial charge is 0.496 e. The number of para-hydroxylation sites is 2. The van der Waals surface area contributed by atoms with Gasteiger partial charge in [-0.15, -0.1) is 0 Å². The molecule has 0 radical (unpaired) electrons. The molecule has 6 nitrogen and oxygen atoms in total. The fourth-order valence-corrected chi connectivity index (χ4v) is 3.84. The Morgan fingerprint density at radius 2 is 1.78 bits per heavy atom. The van der Waals surface area contributed by atoms with E-state index in [1.807, 2.05) is 44.2 Å². The molecule has 162 valence electrons. The van der Waals surface area contributed by atoms with E-state index in [4.69, 9.17) is 9.15 Å². The number of aryl methyl sites for hydroxylation is 1. The first-order valence-corrected chi connectivity index (χ1v) is 10.2. The second-order valence-corrected chi connectivity index (χ2v) is 7.62. The standard InChI is InChI=1S/C26H23NO5/c1-15-12-19(16(2)27-21-10-6-4-8-17(21)26(29)30)25-20(13-15)22(28)14-24(32-25)18-9-5-7-11-23(18)31-3/h4-14,16,27H,1-3H3,(H,29,30). The van der Waals surface area contributed by atoms with Gasteiger partial charge in [0.25, 0.3) is 0 Å². The molecule has 0 spiro atoms. The van der Waals surface area contributed by atoms with Gasteiger partial charge >= 0.3 is 5.97 Å². The Balaban J connectivity index is 1.87. The van der Waals surface area contributed by atoms with Crippen molar-refractivity contribution in [3.63, 3.8) is 0 Å². The van der Waals surface area contributed by atoms with Gasteiger partial charge in [-0.25, -0.2) is 4.79 Å². The number of carboxylic acids is 1. The van der Waals surface area contributed by atoms with Gasteiger partial charge in [0.1, 0.15) is 17.1 Å². The number of anilines is 1. The quantitative estimate of drug-likeness (QED) is 0.412. The van der Waals surface area contributed by atoms with Crippen LogP contribution in [0, 0.1) is 6.92 Å². The normalized spacial score (nSPS) is 11.8. The van der Waals surface area contributed by atoms with Crippen LogP contribution in [0.4, 0.5) is 5.69 Å². The van der Waals surface area contributed by atoms with E-state index in [-0.39, 0.29) is 17.0 Å². The molecule has 4 aromatic rings. The Labute approximate surface area is 185 Å². The summed E-state index contributed by atoms with van der Waals surface area (Å²) < 4.78 is 11.7. The van der Waals surface area contributed by atoms with Crippen molar-refractivity contribution < 1.29 is 19.1 Å². The molecular weight excluding hydrogens is 406 g/mol.